The zero-order chi connectivity index (χ0) is 17.8. The second-order valence-corrected chi connectivity index (χ2v) is 7.28. The molecule has 1 aliphatic rings. The predicted molar refractivity (Wildman–Crippen MR) is 89.4 cm³/mol. The van der Waals surface area contributed by atoms with Crippen LogP contribution in [0.3, 0.4) is 0 Å². The lowest BCUT2D eigenvalue weighted by Crippen LogP contribution is -2.57. The summed E-state index contributed by atoms with van der Waals surface area (Å²) in [6.45, 7) is 8.09. The second kappa shape index (κ2) is 7.51. The molecule has 0 spiro atoms. The van der Waals surface area contributed by atoms with Gasteiger partial charge < -0.3 is 24.2 Å². The number of benzene rings is 1. The normalized spacial score (nSPS) is 24.7. The largest absolute Gasteiger partial charge is 0.444 e. The first kappa shape index (κ1) is 18.7. The van der Waals surface area contributed by atoms with Crippen LogP contribution in [0.25, 0.3) is 0 Å². The van der Waals surface area contributed by atoms with Crippen molar-refractivity contribution in [1.82, 2.24) is 4.90 Å². The summed E-state index contributed by atoms with van der Waals surface area (Å²) in [4.78, 5) is 13.7. The maximum absolute atomic E-state index is 12.2. The summed E-state index contributed by atoms with van der Waals surface area (Å²) in [5.74, 6) is -1.42. The number of nitrogens with zero attached hydrogens (tertiary/aromatic N) is 1. The monoisotopic (exact) mass is 337 g/mol. The lowest BCUT2D eigenvalue weighted by atomic mass is 10.2. The van der Waals surface area contributed by atoms with Crippen LogP contribution in [0.4, 0.5) is 4.79 Å². The van der Waals surface area contributed by atoms with Gasteiger partial charge in [0.25, 0.3) is 0 Å². The highest BCUT2D eigenvalue weighted by atomic mass is 16.6. The van der Waals surface area contributed by atoms with Gasteiger partial charge in [-0.2, -0.15) is 0 Å². The minimum atomic E-state index is -1.42. The number of ether oxygens (including phenoxy) is 3. The molecule has 0 aliphatic carbocycles. The number of amides is 1. The Labute approximate surface area is 143 Å². The van der Waals surface area contributed by atoms with Crippen LogP contribution in [0.5, 0.6) is 0 Å². The van der Waals surface area contributed by atoms with Gasteiger partial charge in [0.05, 0.1) is 26.3 Å². The van der Waals surface area contributed by atoms with Crippen LogP contribution in [0.2, 0.25) is 0 Å². The molecule has 134 valence electrons. The van der Waals surface area contributed by atoms with Gasteiger partial charge in [0.15, 0.2) is 5.79 Å². The number of morpholine rings is 1. The van der Waals surface area contributed by atoms with Crippen LogP contribution in [0.15, 0.2) is 30.3 Å². The Bertz CT molecular complexity index is 538. The quantitative estimate of drug-likeness (QED) is 0.914. The average Bonchev–Trinajstić information content (AvgIpc) is 2.45. The van der Waals surface area contributed by atoms with E-state index in [0.717, 1.165) is 5.56 Å². The summed E-state index contributed by atoms with van der Waals surface area (Å²) >= 11 is 0. The van der Waals surface area contributed by atoms with Crippen LogP contribution in [0, 0.1) is 0 Å². The third-order valence-electron chi connectivity index (χ3n) is 3.40. The lowest BCUT2D eigenvalue weighted by Gasteiger charge is -2.41. The van der Waals surface area contributed by atoms with Crippen molar-refractivity contribution in [2.45, 2.75) is 51.8 Å². The fraction of sp³-hybridized carbons (Fsp3) is 0.611. The number of hydrogen-bond acceptors (Lipinski definition) is 5. The molecule has 1 amide bonds. The highest BCUT2D eigenvalue weighted by Crippen LogP contribution is 2.21. The zero-order valence-electron chi connectivity index (χ0n) is 14.8. The molecule has 0 radical (unpaired) electrons. The number of rotatable bonds is 4. The molecule has 6 nitrogen and oxygen atoms in total. The van der Waals surface area contributed by atoms with Crippen LogP contribution in [0.1, 0.15) is 33.3 Å². The van der Waals surface area contributed by atoms with E-state index >= 15 is 0 Å². The number of aliphatic hydroxyl groups is 1. The Morgan fingerprint density at radius 2 is 2.04 bits per heavy atom. The first-order chi connectivity index (χ1) is 11.1. The van der Waals surface area contributed by atoms with Crippen LogP contribution in [-0.2, 0) is 20.8 Å². The van der Waals surface area contributed by atoms with E-state index < -0.39 is 23.6 Å². The molecule has 0 saturated carbocycles. The highest BCUT2D eigenvalue weighted by Gasteiger charge is 2.39. The number of β-amino-alcohol motifs (C(OH)–C–C–N with tert-alkyl or cyclic N) is 1. The van der Waals surface area contributed by atoms with Gasteiger partial charge in [0.1, 0.15) is 11.7 Å². The van der Waals surface area contributed by atoms with Crippen molar-refractivity contribution in [1.29, 1.82) is 0 Å². The van der Waals surface area contributed by atoms with Gasteiger partial charge in [-0.15, -0.1) is 0 Å². The standard InChI is InChI=1S/C18H27NO5/c1-17(2,3)24-16(20)19-10-15(23-18(4,21)13-19)12-22-11-14-8-6-5-7-9-14/h5-9,15,21H,10-13H2,1-4H3/t15-,18?/m1/s1. The Balaban J connectivity index is 1.89. The van der Waals surface area contributed by atoms with Gasteiger partial charge in [-0.3, -0.25) is 0 Å². The molecule has 1 aromatic carbocycles. The minimum Gasteiger partial charge on any atom is -0.444 e. The lowest BCUT2D eigenvalue weighted by molar-refractivity contribution is -0.260. The van der Waals surface area contributed by atoms with Crippen LogP contribution < -0.4 is 0 Å². The molecule has 0 aromatic heterocycles. The molecule has 1 aliphatic heterocycles. The van der Waals surface area contributed by atoms with E-state index in [1.54, 1.807) is 0 Å². The Hall–Kier alpha value is -1.63. The Kier molecular flexibility index (Phi) is 5.85. The summed E-state index contributed by atoms with van der Waals surface area (Å²) in [7, 11) is 0. The molecule has 24 heavy (non-hydrogen) atoms. The van der Waals surface area contributed by atoms with Gasteiger partial charge in [-0.05, 0) is 33.3 Å². The molecule has 1 heterocycles. The van der Waals surface area contributed by atoms with Gasteiger partial charge in [-0.1, -0.05) is 30.3 Å². The summed E-state index contributed by atoms with van der Waals surface area (Å²) < 4.78 is 16.6. The van der Waals surface area contributed by atoms with Crippen molar-refractivity contribution >= 4 is 6.09 Å². The van der Waals surface area contributed by atoms with E-state index in [1.807, 2.05) is 51.1 Å². The first-order valence-corrected chi connectivity index (χ1v) is 8.14. The van der Waals surface area contributed by atoms with Crippen molar-refractivity contribution in [3.8, 4) is 0 Å². The number of carbonyl (C=O) groups excluding carboxylic acids is 1. The fourth-order valence-corrected chi connectivity index (χ4v) is 2.53. The maximum atomic E-state index is 12.2. The topological polar surface area (TPSA) is 68.2 Å². The van der Waals surface area contributed by atoms with E-state index in [-0.39, 0.29) is 13.2 Å². The van der Waals surface area contributed by atoms with Crippen molar-refractivity contribution < 1.29 is 24.1 Å². The Morgan fingerprint density at radius 3 is 2.67 bits per heavy atom. The van der Waals surface area contributed by atoms with E-state index in [4.69, 9.17) is 14.2 Å². The van der Waals surface area contributed by atoms with E-state index in [1.165, 1.54) is 11.8 Å². The molecular formula is C18H27NO5. The SMILES string of the molecule is CC(C)(C)OC(=O)N1C[C@H](COCc2ccccc2)OC(C)(O)C1. The average molecular weight is 337 g/mol. The van der Waals surface area contributed by atoms with Gasteiger partial charge >= 0.3 is 6.09 Å². The molecule has 1 N–H and O–H groups in total. The minimum absolute atomic E-state index is 0.0666. The Morgan fingerprint density at radius 1 is 1.38 bits per heavy atom. The van der Waals surface area contributed by atoms with Crippen molar-refractivity contribution in [2.75, 3.05) is 19.7 Å². The van der Waals surface area contributed by atoms with Gasteiger partial charge in [-0.25, -0.2) is 4.79 Å². The third kappa shape index (κ3) is 6.11. The van der Waals surface area contributed by atoms with E-state index in [2.05, 4.69) is 0 Å². The highest BCUT2D eigenvalue weighted by molar-refractivity contribution is 5.68. The first-order valence-electron chi connectivity index (χ1n) is 8.14. The molecule has 0 bridgehead atoms. The number of hydrogen-bond donors (Lipinski definition) is 1. The molecule has 2 atom stereocenters. The third-order valence-corrected chi connectivity index (χ3v) is 3.40. The fourth-order valence-electron chi connectivity index (χ4n) is 2.53. The van der Waals surface area contributed by atoms with Gasteiger partial charge in [0, 0.05) is 0 Å². The smallest absolute Gasteiger partial charge is 0.410 e. The molecule has 1 unspecified atom stereocenters. The molecule has 2 rings (SSSR count). The van der Waals surface area contributed by atoms with Gasteiger partial charge in [0.2, 0.25) is 0 Å². The summed E-state index contributed by atoms with van der Waals surface area (Å²) in [6, 6.07) is 9.80. The van der Waals surface area contributed by atoms with Crippen LogP contribution in [-0.4, -0.2) is 53.3 Å². The zero-order valence-corrected chi connectivity index (χ0v) is 14.8. The van der Waals surface area contributed by atoms with E-state index in [0.29, 0.717) is 13.2 Å². The molecule has 1 fully saturated rings. The molecule has 1 aromatic rings. The maximum Gasteiger partial charge on any atom is 0.410 e. The summed E-state index contributed by atoms with van der Waals surface area (Å²) in [5, 5.41) is 10.3. The van der Waals surface area contributed by atoms with Crippen LogP contribution >= 0.6 is 0 Å². The predicted octanol–water partition coefficient (Wildman–Crippen LogP) is 2.55. The van der Waals surface area contributed by atoms with Crippen molar-refractivity contribution in [3.63, 3.8) is 0 Å². The molecular weight excluding hydrogens is 310 g/mol. The second-order valence-electron chi connectivity index (χ2n) is 7.28. The van der Waals surface area contributed by atoms with Crippen molar-refractivity contribution in [3.05, 3.63) is 35.9 Å². The molecule has 6 heteroatoms. The summed E-state index contributed by atoms with van der Waals surface area (Å²) in [6.07, 6.45) is -0.871. The molecule has 1 saturated heterocycles. The summed E-state index contributed by atoms with van der Waals surface area (Å²) in [5.41, 5.74) is 0.477. The number of carbonyl (C=O) groups is 1. The van der Waals surface area contributed by atoms with E-state index in [9.17, 15) is 9.90 Å². The van der Waals surface area contributed by atoms with Crippen molar-refractivity contribution in [2.24, 2.45) is 0 Å².